The number of ether oxygens (including phenoxy) is 2. The Balaban J connectivity index is 1.40. The van der Waals surface area contributed by atoms with Gasteiger partial charge < -0.3 is 9.47 Å². The van der Waals surface area contributed by atoms with Crippen LogP contribution in [0.2, 0.25) is 0 Å². The normalized spacial score (nSPS) is 12.9. The van der Waals surface area contributed by atoms with Crippen LogP contribution in [0.1, 0.15) is 22.3 Å². The Bertz CT molecular complexity index is 797. The van der Waals surface area contributed by atoms with Gasteiger partial charge in [-0.3, -0.25) is 14.5 Å². The highest BCUT2D eigenvalue weighted by atomic mass is 19.1. The Morgan fingerprint density at radius 3 is 2.42 bits per heavy atom. The van der Waals surface area contributed by atoms with Gasteiger partial charge in [-0.2, -0.15) is 0 Å². The van der Waals surface area contributed by atoms with Crippen molar-refractivity contribution in [1.82, 2.24) is 4.90 Å². The first-order chi connectivity index (χ1) is 12.6. The maximum Gasteiger partial charge on any atom is 0.326 e. The van der Waals surface area contributed by atoms with Crippen molar-refractivity contribution in [2.24, 2.45) is 0 Å². The molecule has 2 aromatic rings. The summed E-state index contributed by atoms with van der Waals surface area (Å²) in [5, 5.41) is 0. The zero-order chi connectivity index (χ0) is 18.5. The van der Waals surface area contributed by atoms with Crippen molar-refractivity contribution in [2.45, 2.75) is 6.42 Å². The number of hydrogen-bond acceptors (Lipinski definition) is 4. The maximum absolute atomic E-state index is 12.8. The van der Waals surface area contributed by atoms with E-state index in [4.69, 9.17) is 9.47 Å². The molecule has 0 aromatic heterocycles. The molecule has 0 radical (unpaired) electrons. The van der Waals surface area contributed by atoms with Gasteiger partial charge in [0, 0.05) is 23.2 Å². The van der Waals surface area contributed by atoms with E-state index in [0.717, 1.165) is 5.56 Å². The molecule has 0 atom stereocenters. The van der Waals surface area contributed by atoms with Gasteiger partial charge in [-0.15, -0.1) is 0 Å². The van der Waals surface area contributed by atoms with E-state index in [1.807, 2.05) is 6.07 Å². The molecule has 1 aliphatic rings. The summed E-state index contributed by atoms with van der Waals surface area (Å²) in [6, 6.07) is 12.8. The third-order valence-electron chi connectivity index (χ3n) is 3.96. The van der Waals surface area contributed by atoms with Gasteiger partial charge >= 0.3 is 5.97 Å². The SMILES string of the molecule is C=C1c2ccccc2C(=O)N1CC(=O)OCCCOc1ccc(F)cc1. The molecule has 26 heavy (non-hydrogen) atoms. The van der Waals surface area contributed by atoms with E-state index in [9.17, 15) is 14.0 Å². The Morgan fingerprint density at radius 2 is 1.73 bits per heavy atom. The molecule has 0 N–H and O–H groups in total. The number of halogens is 1. The van der Waals surface area contributed by atoms with Crippen LogP contribution in [0.15, 0.2) is 55.1 Å². The minimum atomic E-state index is -0.505. The van der Waals surface area contributed by atoms with Gasteiger partial charge in [0.15, 0.2) is 0 Å². The number of fused-ring (bicyclic) bond motifs is 1. The molecule has 5 nitrogen and oxygen atoms in total. The summed E-state index contributed by atoms with van der Waals surface area (Å²) in [4.78, 5) is 25.6. The van der Waals surface area contributed by atoms with Crippen LogP contribution in [0.25, 0.3) is 5.70 Å². The summed E-state index contributed by atoms with van der Waals surface area (Å²) in [5.41, 5.74) is 1.78. The molecular formula is C20H18FNO4. The lowest BCUT2D eigenvalue weighted by molar-refractivity contribution is -0.143. The van der Waals surface area contributed by atoms with Gasteiger partial charge in [0.25, 0.3) is 5.91 Å². The number of benzene rings is 2. The van der Waals surface area contributed by atoms with Gasteiger partial charge in [-0.1, -0.05) is 24.8 Å². The molecule has 0 saturated heterocycles. The molecular weight excluding hydrogens is 337 g/mol. The number of carbonyl (C=O) groups excluding carboxylic acids is 2. The molecule has 1 amide bonds. The van der Waals surface area contributed by atoms with Crippen LogP contribution in [0.5, 0.6) is 5.75 Å². The van der Waals surface area contributed by atoms with E-state index in [2.05, 4.69) is 6.58 Å². The molecule has 0 fully saturated rings. The first kappa shape index (κ1) is 17.7. The maximum atomic E-state index is 12.8. The molecule has 2 aromatic carbocycles. The smallest absolute Gasteiger partial charge is 0.326 e. The molecule has 0 unspecified atom stereocenters. The van der Waals surface area contributed by atoms with Crippen LogP contribution in [0, 0.1) is 5.82 Å². The zero-order valence-corrected chi connectivity index (χ0v) is 14.1. The van der Waals surface area contributed by atoms with Crippen molar-refractivity contribution in [3.8, 4) is 5.75 Å². The third-order valence-corrected chi connectivity index (χ3v) is 3.96. The molecule has 0 bridgehead atoms. The summed E-state index contributed by atoms with van der Waals surface area (Å²) < 4.78 is 23.3. The lowest BCUT2D eigenvalue weighted by Gasteiger charge is -2.16. The summed E-state index contributed by atoms with van der Waals surface area (Å²) in [6.07, 6.45) is 0.484. The third kappa shape index (κ3) is 3.91. The van der Waals surface area contributed by atoms with Crippen LogP contribution in [0.3, 0.4) is 0 Å². The van der Waals surface area contributed by atoms with Crippen molar-refractivity contribution < 1.29 is 23.5 Å². The molecule has 134 valence electrons. The topological polar surface area (TPSA) is 55.8 Å². The monoisotopic (exact) mass is 355 g/mol. The van der Waals surface area contributed by atoms with Crippen molar-refractivity contribution >= 4 is 17.6 Å². The summed E-state index contributed by atoms with van der Waals surface area (Å²) in [7, 11) is 0. The lowest BCUT2D eigenvalue weighted by Crippen LogP contribution is -2.30. The quantitative estimate of drug-likeness (QED) is 0.565. The second-order valence-electron chi connectivity index (χ2n) is 5.76. The number of amides is 1. The predicted molar refractivity (Wildman–Crippen MR) is 94.0 cm³/mol. The lowest BCUT2D eigenvalue weighted by atomic mass is 10.1. The van der Waals surface area contributed by atoms with E-state index in [0.29, 0.717) is 30.0 Å². The minimum Gasteiger partial charge on any atom is -0.493 e. The van der Waals surface area contributed by atoms with E-state index in [1.54, 1.807) is 18.2 Å². The number of carbonyl (C=O) groups is 2. The Hall–Kier alpha value is -3.15. The average Bonchev–Trinajstić information content (AvgIpc) is 2.88. The molecule has 1 aliphatic heterocycles. The standard InChI is InChI=1S/C20H18FNO4/c1-14-17-5-2-3-6-18(17)20(24)22(14)13-19(23)26-12-4-11-25-16-9-7-15(21)8-10-16/h2-3,5-10H,1,4,11-13H2. The molecule has 3 rings (SSSR count). The number of rotatable bonds is 7. The van der Waals surface area contributed by atoms with Crippen LogP contribution >= 0.6 is 0 Å². The van der Waals surface area contributed by atoms with Crippen molar-refractivity contribution in [1.29, 1.82) is 0 Å². The van der Waals surface area contributed by atoms with E-state index in [1.165, 1.54) is 29.2 Å². The average molecular weight is 355 g/mol. The largest absolute Gasteiger partial charge is 0.493 e. The highest BCUT2D eigenvalue weighted by Crippen LogP contribution is 2.30. The Morgan fingerprint density at radius 1 is 1.04 bits per heavy atom. The summed E-state index contributed by atoms with van der Waals surface area (Å²) >= 11 is 0. The highest BCUT2D eigenvalue weighted by Gasteiger charge is 2.32. The fourth-order valence-electron chi connectivity index (χ4n) is 2.64. The van der Waals surface area contributed by atoms with Gasteiger partial charge in [-0.05, 0) is 30.3 Å². The molecule has 6 heteroatoms. The second-order valence-corrected chi connectivity index (χ2v) is 5.76. The predicted octanol–water partition coefficient (Wildman–Crippen LogP) is 3.26. The van der Waals surface area contributed by atoms with Crippen LogP contribution in [-0.2, 0) is 9.53 Å². The molecule has 0 spiro atoms. The van der Waals surface area contributed by atoms with Crippen LogP contribution in [0.4, 0.5) is 4.39 Å². The zero-order valence-electron chi connectivity index (χ0n) is 14.1. The van der Waals surface area contributed by atoms with Crippen molar-refractivity contribution in [3.63, 3.8) is 0 Å². The molecule has 1 heterocycles. The van der Waals surface area contributed by atoms with Crippen molar-refractivity contribution in [3.05, 3.63) is 72.1 Å². The van der Waals surface area contributed by atoms with Crippen LogP contribution in [-0.4, -0.2) is 36.5 Å². The van der Waals surface area contributed by atoms with Gasteiger partial charge in [0.2, 0.25) is 0 Å². The number of esters is 1. The first-order valence-corrected chi connectivity index (χ1v) is 8.20. The Kier molecular flexibility index (Phi) is 5.31. The fraction of sp³-hybridized carbons (Fsp3) is 0.200. The number of nitrogens with zero attached hydrogens (tertiary/aromatic N) is 1. The molecule has 0 saturated carbocycles. The van der Waals surface area contributed by atoms with Crippen LogP contribution < -0.4 is 4.74 Å². The fourth-order valence-corrected chi connectivity index (χ4v) is 2.64. The Labute approximate surface area is 150 Å². The minimum absolute atomic E-state index is 0.168. The summed E-state index contributed by atoms with van der Waals surface area (Å²) in [6.45, 7) is 4.21. The van der Waals surface area contributed by atoms with Gasteiger partial charge in [0.05, 0.1) is 13.2 Å². The first-order valence-electron chi connectivity index (χ1n) is 8.20. The van der Waals surface area contributed by atoms with Crippen molar-refractivity contribution in [2.75, 3.05) is 19.8 Å². The second kappa shape index (κ2) is 7.82. The number of hydrogen-bond donors (Lipinski definition) is 0. The van der Waals surface area contributed by atoms with E-state index < -0.39 is 5.97 Å². The van der Waals surface area contributed by atoms with Gasteiger partial charge in [0.1, 0.15) is 18.1 Å². The highest BCUT2D eigenvalue weighted by molar-refractivity contribution is 6.10. The van der Waals surface area contributed by atoms with Gasteiger partial charge in [-0.25, -0.2) is 4.39 Å². The van der Waals surface area contributed by atoms with E-state index in [-0.39, 0.29) is 24.9 Å². The summed E-state index contributed by atoms with van der Waals surface area (Å²) in [5.74, 6) is -0.530. The van der Waals surface area contributed by atoms with E-state index >= 15 is 0 Å². The molecule has 0 aliphatic carbocycles.